The van der Waals surface area contributed by atoms with Crippen LogP contribution >= 0.6 is 0 Å². The Bertz CT molecular complexity index is 588. The number of hydrogen-bond donors (Lipinski definition) is 1. The summed E-state index contributed by atoms with van der Waals surface area (Å²) in [5.74, 6) is 0.698. The van der Waals surface area contributed by atoms with Gasteiger partial charge in [-0.2, -0.15) is 5.10 Å². The van der Waals surface area contributed by atoms with Gasteiger partial charge >= 0.3 is 0 Å². The fourth-order valence-electron chi connectivity index (χ4n) is 3.50. The number of rotatable bonds is 6. The van der Waals surface area contributed by atoms with Crippen LogP contribution in [0.3, 0.4) is 0 Å². The van der Waals surface area contributed by atoms with Gasteiger partial charge in [-0.25, -0.2) is 0 Å². The van der Waals surface area contributed by atoms with Crippen molar-refractivity contribution in [3.63, 3.8) is 0 Å². The third-order valence-electron chi connectivity index (χ3n) is 4.65. The summed E-state index contributed by atoms with van der Waals surface area (Å²) < 4.78 is 2.00. The second-order valence-corrected chi connectivity index (χ2v) is 6.08. The summed E-state index contributed by atoms with van der Waals surface area (Å²) in [6.45, 7) is 3.33. The molecule has 0 aliphatic heterocycles. The van der Waals surface area contributed by atoms with Gasteiger partial charge in [0.05, 0.1) is 0 Å². The second kappa shape index (κ2) is 6.44. The molecule has 1 N–H and O–H groups in total. The Balaban J connectivity index is 1.71. The smallest absolute Gasteiger partial charge is 0.0492 e. The Morgan fingerprint density at radius 3 is 2.90 bits per heavy atom. The zero-order valence-electron chi connectivity index (χ0n) is 13.0. The zero-order valence-corrected chi connectivity index (χ0v) is 13.0. The molecule has 1 aliphatic carbocycles. The average Bonchev–Trinajstić information content (AvgIpc) is 3.06. The summed E-state index contributed by atoms with van der Waals surface area (Å²) in [6, 6.07) is 11.6. The maximum atomic E-state index is 4.27. The summed E-state index contributed by atoms with van der Waals surface area (Å²) in [5.41, 5.74) is 4.38. The molecule has 0 saturated carbocycles. The summed E-state index contributed by atoms with van der Waals surface area (Å²) in [6.07, 6.45) is 6.61. The van der Waals surface area contributed by atoms with Gasteiger partial charge in [-0.05, 0) is 55.3 Å². The Hall–Kier alpha value is -1.61. The van der Waals surface area contributed by atoms with E-state index in [0.717, 1.165) is 13.0 Å². The second-order valence-electron chi connectivity index (χ2n) is 6.08. The lowest BCUT2D eigenvalue weighted by atomic mass is 9.94. The first kappa shape index (κ1) is 14.3. The maximum Gasteiger partial charge on any atom is 0.0492 e. The largest absolute Gasteiger partial charge is 0.310 e. The van der Waals surface area contributed by atoms with Gasteiger partial charge in [-0.1, -0.05) is 31.2 Å². The molecule has 21 heavy (non-hydrogen) atoms. The van der Waals surface area contributed by atoms with Crippen LogP contribution in [0.15, 0.2) is 36.5 Å². The Labute approximate surface area is 127 Å². The molecule has 1 aliphatic rings. The SMILES string of the molecule is CCCNC1c2ccccc2CC1CCc1ccnn1C. The van der Waals surface area contributed by atoms with Crippen molar-refractivity contribution in [3.8, 4) is 0 Å². The van der Waals surface area contributed by atoms with Gasteiger partial charge in [-0.3, -0.25) is 4.68 Å². The highest BCUT2D eigenvalue weighted by Crippen LogP contribution is 2.38. The summed E-state index contributed by atoms with van der Waals surface area (Å²) in [5, 5.41) is 8.03. The van der Waals surface area contributed by atoms with E-state index >= 15 is 0 Å². The first-order valence-electron chi connectivity index (χ1n) is 8.07. The monoisotopic (exact) mass is 283 g/mol. The molecule has 0 amide bonds. The first-order chi connectivity index (χ1) is 10.3. The quantitative estimate of drug-likeness (QED) is 0.882. The maximum absolute atomic E-state index is 4.27. The van der Waals surface area contributed by atoms with E-state index in [9.17, 15) is 0 Å². The van der Waals surface area contributed by atoms with Gasteiger partial charge in [0.1, 0.15) is 0 Å². The molecule has 0 bridgehead atoms. The molecule has 0 spiro atoms. The summed E-state index contributed by atoms with van der Waals surface area (Å²) >= 11 is 0. The lowest BCUT2D eigenvalue weighted by Crippen LogP contribution is -2.26. The number of nitrogens with zero attached hydrogens (tertiary/aromatic N) is 2. The van der Waals surface area contributed by atoms with Crippen molar-refractivity contribution < 1.29 is 0 Å². The average molecular weight is 283 g/mol. The van der Waals surface area contributed by atoms with E-state index in [1.54, 1.807) is 0 Å². The van der Waals surface area contributed by atoms with Gasteiger partial charge in [0.2, 0.25) is 0 Å². The minimum atomic E-state index is 0.523. The molecule has 1 heterocycles. The van der Waals surface area contributed by atoms with Crippen LogP contribution in [-0.2, 0) is 19.9 Å². The molecule has 3 rings (SSSR count). The van der Waals surface area contributed by atoms with Gasteiger partial charge in [-0.15, -0.1) is 0 Å². The van der Waals surface area contributed by atoms with Crippen LogP contribution in [0.25, 0.3) is 0 Å². The Morgan fingerprint density at radius 1 is 1.29 bits per heavy atom. The third-order valence-corrected chi connectivity index (χ3v) is 4.65. The molecule has 0 fully saturated rings. The topological polar surface area (TPSA) is 29.9 Å². The van der Waals surface area contributed by atoms with Crippen LogP contribution in [0.1, 0.15) is 42.6 Å². The minimum Gasteiger partial charge on any atom is -0.310 e. The van der Waals surface area contributed by atoms with Crippen molar-refractivity contribution in [3.05, 3.63) is 53.3 Å². The minimum absolute atomic E-state index is 0.523. The molecule has 0 radical (unpaired) electrons. The van der Waals surface area contributed by atoms with Crippen LogP contribution in [0.4, 0.5) is 0 Å². The van der Waals surface area contributed by atoms with Crippen molar-refractivity contribution in [2.75, 3.05) is 6.54 Å². The predicted molar refractivity (Wildman–Crippen MR) is 86.2 cm³/mol. The van der Waals surface area contributed by atoms with E-state index in [-0.39, 0.29) is 0 Å². The molecule has 3 nitrogen and oxygen atoms in total. The predicted octanol–water partition coefficient (Wildman–Crippen LogP) is 3.27. The molecule has 2 aromatic rings. The van der Waals surface area contributed by atoms with Crippen LogP contribution in [-0.4, -0.2) is 16.3 Å². The molecule has 1 aromatic heterocycles. The van der Waals surface area contributed by atoms with Crippen molar-refractivity contribution in [1.82, 2.24) is 15.1 Å². The van der Waals surface area contributed by atoms with E-state index < -0.39 is 0 Å². The van der Waals surface area contributed by atoms with Gasteiger partial charge < -0.3 is 5.32 Å². The molecule has 0 saturated heterocycles. The van der Waals surface area contributed by atoms with Gasteiger partial charge in [0, 0.05) is 25.0 Å². The summed E-state index contributed by atoms with van der Waals surface area (Å²) in [7, 11) is 2.03. The van der Waals surface area contributed by atoms with Gasteiger partial charge in [0.15, 0.2) is 0 Å². The van der Waals surface area contributed by atoms with Crippen molar-refractivity contribution in [2.24, 2.45) is 13.0 Å². The van der Waals surface area contributed by atoms with Crippen molar-refractivity contribution >= 4 is 0 Å². The van der Waals surface area contributed by atoms with E-state index in [0.29, 0.717) is 12.0 Å². The highest BCUT2D eigenvalue weighted by molar-refractivity contribution is 5.35. The summed E-state index contributed by atoms with van der Waals surface area (Å²) in [4.78, 5) is 0. The van der Waals surface area contributed by atoms with Crippen LogP contribution in [0, 0.1) is 5.92 Å². The zero-order chi connectivity index (χ0) is 14.7. The fraction of sp³-hybridized carbons (Fsp3) is 0.500. The van der Waals surface area contributed by atoms with Gasteiger partial charge in [0.25, 0.3) is 0 Å². The number of benzene rings is 1. The van der Waals surface area contributed by atoms with Crippen LogP contribution in [0.2, 0.25) is 0 Å². The van der Waals surface area contributed by atoms with Crippen molar-refractivity contribution in [1.29, 1.82) is 0 Å². The molecule has 2 unspecified atom stereocenters. The van der Waals surface area contributed by atoms with Crippen LogP contribution < -0.4 is 5.32 Å². The third kappa shape index (κ3) is 3.03. The highest BCUT2D eigenvalue weighted by atomic mass is 15.2. The molecular formula is C18H25N3. The number of hydrogen-bond acceptors (Lipinski definition) is 2. The number of aromatic nitrogens is 2. The Kier molecular flexibility index (Phi) is 4.39. The number of nitrogens with one attached hydrogen (secondary N) is 1. The standard InChI is InChI=1S/C18H25N3/c1-3-11-19-18-15(8-9-16-10-12-20-21(16)2)13-14-6-4-5-7-17(14)18/h4-7,10,12,15,18-19H,3,8-9,11,13H2,1-2H3. The molecule has 3 heteroatoms. The number of aryl methyl sites for hydroxylation is 2. The molecule has 112 valence electrons. The molecule has 2 atom stereocenters. The highest BCUT2D eigenvalue weighted by Gasteiger charge is 2.31. The van der Waals surface area contributed by atoms with Crippen LogP contribution in [0.5, 0.6) is 0 Å². The van der Waals surface area contributed by atoms with E-state index in [1.165, 1.54) is 36.1 Å². The van der Waals surface area contributed by atoms with Crippen molar-refractivity contribution in [2.45, 2.75) is 38.6 Å². The lowest BCUT2D eigenvalue weighted by Gasteiger charge is -2.22. The first-order valence-corrected chi connectivity index (χ1v) is 8.07. The fourth-order valence-corrected chi connectivity index (χ4v) is 3.50. The van der Waals surface area contributed by atoms with E-state index in [1.807, 2.05) is 17.9 Å². The lowest BCUT2D eigenvalue weighted by molar-refractivity contribution is 0.365. The Morgan fingerprint density at radius 2 is 2.14 bits per heavy atom. The van der Waals surface area contributed by atoms with E-state index in [4.69, 9.17) is 0 Å². The van der Waals surface area contributed by atoms with E-state index in [2.05, 4.69) is 47.7 Å². The molecule has 1 aromatic carbocycles. The molecular weight excluding hydrogens is 258 g/mol. The number of fused-ring (bicyclic) bond motifs is 1. The normalized spacial score (nSPS) is 20.7.